The Kier molecular flexibility index (Phi) is 3.36. The van der Waals surface area contributed by atoms with Crippen LogP contribution >= 0.6 is 0 Å². The average molecular weight is 297 g/mol. The number of rotatable bonds is 4. The number of hydrogen-bond donors (Lipinski definition) is 3. The number of hydrogen-bond acceptors (Lipinski definition) is 5. The zero-order valence-corrected chi connectivity index (χ0v) is 11.1. The average Bonchev–Trinajstić information content (AvgIpc) is 2.79. The van der Waals surface area contributed by atoms with Gasteiger partial charge in [-0.15, -0.1) is 0 Å². The zero-order valence-electron chi connectivity index (χ0n) is 10.3. The molecular formula is C11H11N3O5S. The van der Waals surface area contributed by atoms with E-state index < -0.39 is 21.7 Å². The number of aryl methyl sites for hydroxylation is 1. The molecule has 0 aliphatic heterocycles. The Morgan fingerprint density at radius 3 is 2.55 bits per heavy atom. The third kappa shape index (κ3) is 2.72. The SMILES string of the molecule is Cn1ccc(S(=O)(=O)Nc2ccc(C(=O)O)cc2O)n1. The van der Waals surface area contributed by atoms with Gasteiger partial charge in [-0.3, -0.25) is 9.40 Å². The quantitative estimate of drug-likeness (QED) is 0.711. The Bertz CT molecular complexity index is 766. The van der Waals surface area contributed by atoms with Crippen LogP contribution in [0, 0.1) is 0 Å². The number of nitrogens with zero attached hydrogens (tertiary/aromatic N) is 2. The van der Waals surface area contributed by atoms with Gasteiger partial charge in [0.1, 0.15) is 5.75 Å². The number of sulfonamides is 1. The van der Waals surface area contributed by atoms with E-state index in [0.717, 1.165) is 6.07 Å². The molecule has 0 atom stereocenters. The Hall–Kier alpha value is -2.55. The number of aromatic hydroxyl groups is 1. The predicted molar refractivity (Wildman–Crippen MR) is 69.1 cm³/mol. The molecule has 1 aromatic heterocycles. The molecule has 1 aromatic carbocycles. The van der Waals surface area contributed by atoms with Gasteiger partial charge in [-0.05, 0) is 24.3 Å². The number of aromatic nitrogens is 2. The highest BCUT2D eigenvalue weighted by Crippen LogP contribution is 2.26. The van der Waals surface area contributed by atoms with Crippen LogP contribution in [-0.2, 0) is 17.1 Å². The summed E-state index contributed by atoms with van der Waals surface area (Å²) < 4.78 is 27.4. The van der Waals surface area contributed by atoms with E-state index in [0.29, 0.717) is 0 Å². The van der Waals surface area contributed by atoms with Crippen molar-refractivity contribution < 1.29 is 23.4 Å². The molecule has 0 aliphatic rings. The number of benzene rings is 1. The smallest absolute Gasteiger partial charge is 0.335 e. The second-order valence-electron chi connectivity index (χ2n) is 3.97. The lowest BCUT2D eigenvalue weighted by Gasteiger charge is -2.08. The van der Waals surface area contributed by atoms with Gasteiger partial charge in [-0.25, -0.2) is 4.79 Å². The summed E-state index contributed by atoms with van der Waals surface area (Å²) in [4.78, 5) is 10.7. The van der Waals surface area contributed by atoms with E-state index in [1.807, 2.05) is 0 Å². The lowest BCUT2D eigenvalue weighted by atomic mass is 10.2. The zero-order chi connectivity index (χ0) is 14.9. The Balaban J connectivity index is 2.32. The van der Waals surface area contributed by atoms with Crippen molar-refractivity contribution in [1.29, 1.82) is 0 Å². The standard InChI is InChI=1S/C11H11N3O5S/c1-14-5-4-10(12-14)20(18,19)13-8-3-2-7(11(16)17)6-9(8)15/h2-6,13,15H,1H3,(H,16,17). The minimum Gasteiger partial charge on any atom is -0.506 e. The number of phenols is 1. The first-order valence-corrected chi connectivity index (χ1v) is 6.87. The van der Waals surface area contributed by atoms with Gasteiger partial charge < -0.3 is 10.2 Å². The first-order chi connectivity index (χ1) is 9.29. The molecule has 106 valence electrons. The molecule has 0 amide bonds. The summed E-state index contributed by atoms with van der Waals surface area (Å²) in [5, 5.41) is 21.9. The number of carboxylic acid groups (broad SMARTS) is 1. The first kappa shape index (κ1) is 13.9. The molecule has 3 N–H and O–H groups in total. The van der Waals surface area contributed by atoms with Crippen molar-refractivity contribution in [3.05, 3.63) is 36.0 Å². The molecule has 0 saturated heterocycles. The van der Waals surface area contributed by atoms with E-state index in [1.165, 1.54) is 29.1 Å². The summed E-state index contributed by atoms with van der Waals surface area (Å²) in [5.41, 5.74) is -0.274. The Labute approximate surface area is 114 Å². The van der Waals surface area contributed by atoms with Crippen molar-refractivity contribution in [2.24, 2.45) is 7.05 Å². The van der Waals surface area contributed by atoms with Crippen LogP contribution < -0.4 is 4.72 Å². The van der Waals surface area contributed by atoms with Crippen LogP contribution in [0.2, 0.25) is 0 Å². The van der Waals surface area contributed by atoms with Crippen LogP contribution in [0.4, 0.5) is 5.69 Å². The molecule has 0 saturated carbocycles. The molecule has 2 aromatic rings. The normalized spacial score (nSPS) is 11.2. The van der Waals surface area contributed by atoms with E-state index >= 15 is 0 Å². The third-order valence-electron chi connectivity index (χ3n) is 2.45. The van der Waals surface area contributed by atoms with E-state index in [4.69, 9.17) is 5.11 Å². The molecular weight excluding hydrogens is 286 g/mol. The van der Waals surface area contributed by atoms with Gasteiger partial charge in [0.25, 0.3) is 10.0 Å². The van der Waals surface area contributed by atoms with Crippen molar-refractivity contribution in [3.8, 4) is 5.75 Å². The summed E-state index contributed by atoms with van der Waals surface area (Å²) in [6.07, 6.45) is 1.46. The predicted octanol–water partition coefficient (Wildman–Crippen LogP) is 0.625. The number of aromatic carboxylic acids is 1. The summed E-state index contributed by atoms with van der Waals surface area (Å²) in [5.74, 6) is -1.70. The largest absolute Gasteiger partial charge is 0.506 e. The van der Waals surface area contributed by atoms with Crippen LogP contribution in [0.1, 0.15) is 10.4 Å². The Morgan fingerprint density at radius 2 is 2.05 bits per heavy atom. The van der Waals surface area contributed by atoms with Gasteiger partial charge in [0.05, 0.1) is 11.3 Å². The first-order valence-electron chi connectivity index (χ1n) is 5.38. The number of anilines is 1. The molecule has 0 spiro atoms. The molecule has 0 fully saturated rings. The maximum atomic E-state index is 12.0. The summed E-state index contributed by atoms with van der Waals surface area (Å²) in [7, 11) is -2.37. The van der Waals surface area contributed by atoms with Crippen LogP contribution in [-0.4, -0.2) is 34.4 Å². The minimum atomic E-state index is -3.94. The summed E-state index contributed by atoms with van der Waals surface area (Å²) in [6, 6.07) is 4.60. The molecule has 0 radical (unpaired) electrons. The molecule has 0 unspecified atom stereocenters. The third-order valence-corrected chi connectivity index (χ3v) is 3.71. The number of nitrogens with one attached hydrogen (secondary N) is 1. The minimum absolute atomic E-state index is 0.124. The van der Waals surface area contributed by atoms with Crippen LogP contribution in [0.3, 0.4) is 0 Å². The highest BCUT2D eigenvalue weighted by atomic mass is 32.2. The lowest BCUT2D eigenvalue weighted by molar-refractivity contribution is 0.0696. The fourth-order valence-electron chi connectivity index (χ4n) is 1.49. The molecule has 0 aliphatic carbocycles. The van der Waals surface area contributed by atoms with E-state index in [-0.39, 0.29) is 16.3 Å². The second-order valence-corrected chi connectivity index (χ2v) is 5.60. The monoisotopic (exact) mass is 297 g/mol. The van der Waals surface area contributed by atoms with Gasteiger partial charge in [-0.1, -0.05) is 0 Å². The van der Waals surface area contributed by atoms with Crippen LogP contribution in [0.25, 0.3) is 0 Å². The van der Waals surface area contributed by atoms with Gasteiger partial charge in [0.2, 0.25) is 0 Å². The highest BCUT2D eigenvalue weighted by Gasteiger charge is 2.19. The molecule has 8 nitrogen and oxygen atoms in total. The maximum absolute atomic E-state index is 12.0. The van der Waals surface area contributed by atoms with Crippen molar-refractivity contribution in [2.75, 3.05) is 4.72 Å². The van der Waals surface area contributed by atoms with Gasteiger partial charge in [-0.2, -0.15) is 13.5 Å². The van der Waals surface area contributed by atoms with Crippen molar-refractivity contribution >= 4 is 21.7 Å². The fraction of sp³-hybridized carbons (Fsp3) is 0.0909. The van der Waals surface area contributed by atoms with Crippen molar-refractivity contribution in [3.63, 3.8) is 0 Å². The van der Waals surface area contributed by atoms with Gasteiger partial charge in [0.15, 0.2) is 5.03 Å². The van der Waals surface area contributed by atoms with Crippen molar-refractivity contribution in [2.45, 2.75) is 5.03 Å². The molecule has 1 heterocycles. The van der Waals surface area contributed by atoms with Gasteiger partial charge >= 0.3 is 5.97 Å². The Morgan fingerprint density at radius 1 is 1.35 bits per heavy atom. The molecule has 0 bridgehead atoms. The molecule has 2 rings (SSSR count). The van der Waals surface area contributed by atoms with Crippen molar-refractivity contribution in [1.82, 2.24) is 9.78 Å². The molecule has 20 heavy (non-hydrogen) atoms. The highest BCUT2D eigenvalue weighted by molar-refractivity contribution is 7.92. The number of carbonyl (C=O) groups is 1. The fourth-order valence-corrected chi connectivity index (χ4v) is 2.53. The van der Waals surface area contributed by atoms with E-state index in [2.05, 4.69) is 9.82 Å². The van der Waals surface area contributed by atoms with Gasteiger partial charge in [0, 0.05) is 13.2 Å². The maximum Gasteiger partial charge on any atom is 0.335 e. The lowest BCUT2D eigenvalue weighted by Crippen LogP contribution is -2.14. The van der Waals surface area contributed by atoms with E-state index in [9.17, 15) is 18.3 Å². The van der Waals surface area contributed by atoms with Crippen LogP contribution in [0.15, 0.2) is 35.5 Å². The number of phenolic OH excluding ortho intramolecular Hbond substituents is 1. The summed E-state index contributed by atoms with van der Waals surface area (Å²) in [6.45, 7) is 0. The summed E-state index contributed by atoms with van der Waals surface area (Å²) >= 11 is 0. The van der Waals surface area contributed by atoms with Crippen LogP contribution in [0.5, 0.6) is 5.75 Å². The second kappa shape index (κ2) is 4.85. The topological polar surface area (TPSA) is 122 Å². The number of carboxylic acids is 1. The molecule has 9 heteroatoms. The van der Waals surface area contributed by atoms with E-state index in [1.54, 1.807) is 7.05 Å².